The number of rotatable bonds is 1. The quantitative estimate of drug-likeness (QED) is 0.683. The monoisotopic (exact) mass is 202 g/mol. The normalized spacial score (nSPS) is 17.8. The Kier molecular flexibility index (Phi) is 3.05. The van der Waals surface area contributed by atoms with E-state index in [1.54, 1.807) is 6.92 Å². The average Bonchev–Trinajstić information content (AvgIpc) is 2.30. The van der Waals surface area contributed by atoms with Crippen LogP contribution in [0.25, 0.3) is 0 Å². The Labute approximate surface area is 90.9 Å². The second kappa shape index (κ2) is 4.47. The van der Waals surface area contributed by atoms with E-state index in [1.165, 1.54) is 5.56 Å². The van der Waals surface area contributed by atoms with Gasteiger partial charge >= 0.3 is 0 Å². The topological polar surface area (TPSA) is 20.3 Å². The molecule has 0 N–H and O–H groups in total. The Bertz CT molecular complexity index is 326. The Hall–Kier alpha value is -1.31. The van der Waals surface area contributed by atoms with Crippen LogP contribution in [0, 0.1) is 6.07 Å². The van der Waals surface area contributed by atoms with Gasteiger partial charge in [0.15, 0.2) is 0 Å². The van der Waals surface area contributed by atoms with Crippen LogP contribution < -0.4 is 0 Å². The fraction of sp³-hybridized carbons (Fsp3) is 0.462. The van der Waals surface area contributed by atoms with Crippen LogP contribution in [0.3, 0.4) is 0 Å². The van der Waals surface area contributed by atoms with Gasteiger partial charge in [0.2, 0.25) is 5.91 Å². The van der Waals surface area contributed by atoms with Gasteiger partial charge in [-0.05, 0) is 30.4 Å². The Morgan fingerprint density at radius 3 is 2.47 bits per heavy atom. The molecule has 0 bridgehead atoms. The van der Waals surface area contributed by atoms with Crippen LogP contribution in [-0.2, 0) is 4.79 Å². The Morgan fingerprint density at radius 1 is 1.33 bits per heavy atom. The van der Waals surface area contributed by atoms with Gasteiger partial charge in [-0.1, -0.05) is 24.3 Å². The van der Waals surface area contributed by atoms with Crippen molar-refractivity contribution < 1.29 is 4.79 Å². The van der Waals surface area contributed by atoms with Crippen LogP contribution in [0.15, 0.2) is 24.3 Å². The third-order valence-electron chi connectivity index (χ3n) is 3.16. The Balaban J connectivity index is 1.97. The molecular weight excluding hydrogens is 186 g/mol. The lowest BCUT2D eigenvalue weighted by Crippen LogP contribution is -2.36. The van der Waals surface area contributed by atoms with E-state index < -0.39 is 0 Å². The summed E-state index contributed by atoms with van der Waals surface area (Å²) in [6.07, 6.45) is 2.17. The van der Waals surface area contributed by atoms with Gasteiger partial charge in [0.25, 0.3) is 0 Å². The Morgan fingerprint density at radius 2 is 1.93 bits per heavy atom. The fourth-order valence-electron chi connectivity index (χ4n) is 2.20. The highest BCUT2D eigenvalue weighted by molar-refractivity contribution is 5.73. The van der Waals surface area contributed by atoms with Crippen molar-refractivity contribution in [3.05, 3.63) is 35.9 Å². The van der Waals surface area contributed by atoms with Crippen LogP contribution in [0.5, 0.6) is 0 Å². The second-order valence-corrected chi connectivity index (χ2v) is 4.11. The standard InChI is InChI=1S/C13H16NO/c1-11(15)14-9-7-13(8-10-14)12-5-3-2-4-6-12/h3-6,13H,7-10H2,1H3. The number of benzene rings is 1. The summed E-state index contributed by atoms with van der Waals surface area (Å²) >= 11 is 0. The van der Waals surface area contributed by atoms with E-state index in [1.807, 2.05) is 17.0 Å². The number of likely N-dealkylation sites (tertiary alicyclic amines) is 1. The molecule has 2 heteroatoms. The molecule has 0 spiro atoms. The summed E-state index contributed by atoms with van der Waals surface area (Å²) in [7, 11) is 0. The molecule has 79 valence electrons. The summed E-state index contributed by atoms with van der Waals surface area (Å²) in [5, 5.41) is 0. The number of carbonyl (C=O) groups is 1. The molecule has 1 aromatic rings. The molecule has 1 fully saturated rings. The van der Waals surface area contributed by atoms with Crippen LogP contribution in [-0.4, -0.2) is 23.9 Å². The lowest BCUT2D eigenvalue weighted by atomic mass is 9.89. The van der Waals surface area contributed by atoms with Gasteiger partial charge < -0.3 is 4.90 Å². The maximum absolute atomic E-state index is 11.2. The van der Waals surface area contributed by atoms with Gasteiger partial charge in [0, 0.05) is 20.0 Å². The molecule has 2 nitrogen and oxygen atoms in total. The molecule has 15 heavy (non-hydrogen) atoms. The fourth-order valence-corrected chi connectivity index (χ4v) is 2.20. The summed E-state index contributed by atoms with van der Waals surface area (Å²) in [6, 6.07) is 11.2. The molecule has 1 radical (unpaired) electrons. The van der Waals surface area contributed by atoms with E-state index in [0.29, 0.717) is 5.92 Å². The highest BCUT2D eigenvalue weighted by Gasteiger charge is 2.21. The van der Waals surface area contributed by atoms with Crippen molar-refractivity contribution in [2.75, 3.05) is 13.1 Å². The maximum atomic E-state index is 11.2. The largest absolute Gasteiger partial charge is 0.343 e. The predicted molar refractivity (Wildman–Crippen MR) is 59.5 cm³/mol. The lowest BCUT2D eigenvalue weighted by Gasteiger charge is -2.31. The van der Waals surface area contributed by atoms with E-state index in [2.05, 4.69) is 18.2 Å². The van der Waals surface area contributed by atoms with Crippen LogP contribution in [0.4, 0.5) is 0 Å². The first-order valence-electron chi connectivity index (χ1n) is 5.49. The van der Waals surface area contributed by atoms with E-state index in [9.17, 15) is 4.79 Å². The van der Waals surface area contributed by atoms with Crippen molar-refractivity contribution in [3.63, 3.8) is 0 Å². The van der Waals surface area contributed by atoms with Crippen molar-refractivity contribution in [2.45, 2.75) is 25.7 Å². The zero-order valence-corrected chi connectivity index (χ0v) is 9.07. The smallest absolute Gasteiger partial charge is 0.219 e. The minimum atomic E-state index is 0.204. The van der Waals surface area contributed by atoms with Crippen molar-refractivity contribution >= 4 is 5.91 Å². The minimum Gasteiger partial charge on any atom is -0.343 e. The zero-order valence-electron chi connectivity index (χ0n) is 9.07. The zero-order chi connectivity index (χ0) is 10.7. The summed E-state index contributed by atoms with van der Waals surface area (Å²) < 4.78 is 0. The van der Waals surface area contributed by atoms with Crippen LogP contribution >= 0.6 is 0 Å². The molecule has 1 amide bonds. The molecule has 1 aromatic carbocycles. The van der Waals surface area contributed by atoms with Gasteiger partial charge in [0.1, 0.15) is 0 Å². The van der Waals surface area contributed by atoms with E-state index in [0.717, 1.165) is 25.9 Å². The molecule has 0 saturated carbocycles. The van der Waals surface area contributed by atoms with Crippen molar-refractivity contribution in [1.82, 2.24) is 4.90 Å². The average molecular weight is 202 g/mol. The first kappa shape index (κ1) is 10.2. The summed E-state index contributed by atoms with van der Waals surface area (Å²) in [4.78, 5) is 13.1. The number of hydrogen-bond donors (Lipinski definition) is 0. The summed E-state index contributed by atoms with van der Waals surface area (Å²) in [6.45, 7) is 3.45. The van der Waals surface area contributed by atoms with Crippen LogP contribution in [0.2, 0.25) is 0 Å². The third kappa shape index (κ3) is 2.38. The molecular formula is C13H16NO. The number of nitrogens with zero attached hydrogens (tertiary/aromatic N) is 1. The first-order valence-corrected chi connectivity index (χ1v) is 5.49. The molecule has 2 rings (SSSR count). The molecule has 0 aliphatic carbocycles. The summed E-state index contributed by atoms with van der Waals surface area (Å²) in [5.74, 6) is 0.824. The van der Waals surface area contributed by atoms with Crippen molar-refractivity contribution in [2.24, 2.45) is 0 Å². The molecule has 1 saturated heterocycles. The van der Waals surface area contributed by atoms with Gasteiger partial charge in [0.05, 0.1) is 0 Å². The molecule has 1 aliphatic heterocycles. The van der Waals surface area contributed by atoms with Gasteiger partial charge in [-0.15, -0.1) is 0 Å². The minimum absolute atomic E-state index is 0.204. The SMILES string of the molecule is CC(=O)N1CCC(c2cc[c]cc2)CC1. The second-order valence-electron chi connectivity index (χ2n) is 4.11. The van der Waals surface area contributed by atoms with E-state index in [4.69, 9.17) is 0 Å². The predicted octanol–water partition coefficient (Wildman–Crippen LogP) is 2.21. The number of carbonyl (C=O) groups excluding carboxylic acids is 1. The molecule has 1 heterocycles. The van der Waals surface area contributed by atoms with Crippen LogP contribution in [0.1, 0.15) is 31.2 Å². The highest BCUT2D eigenvalue weighted by Crippen LogP contribution is 2.27. The number of piperidine rings is 1. The third-order valence-corrected chi connectivity index (χ3v) is 3.16. The number of hydrogen-bond acceptors (Lipinski definition) is 1. The first-order chi connectivity index (χ1) is 7.27. The van der Waals surface area contributed by atoms with Crippen molar-refractivity contribution in [3.8, 4) is 0 Å². The number of amides is 1. The molecule has 0 atom stereocenters. The van der Waals surface area contributed by atoms with Gasteiger partial charge in [-0.3, -0.25) is 4.79 Å². The van der Waals surface area contributed by atoms with Gasteiger partial charge in [-0.2, -0.15) is 0 Å². The van der Waals surface area contributed by atoms with Gasteiger partial charge in [-0.25, -0.2) is 0 Å². The maximum Gasteiger partial charge on any atom is 0.219 e. The van der Waals surface area contributed by atoms with E-state index in [-0.39, 0.29) is 5.91 Å². The van der Waals surface area contributed by atoms with E-state index >= 15 is 0 Å². The highest BCUT2D eigenvalue weighted by atomic mass is 16.2. The summed E-state index contributed by atoms with van der Waals surface area (Å²) in [5.41, 5.74) is 1.39. The molecule has 0 unspecified atom stereocenters. The molecule has 0 aromatic heterocycles. The van der Waals surface area contributed by atoms with Crippen molar-refractivity contribution in [1.29, 1.82) is 0 Å². The lowest BCUT2D eigenvalue weighted by molar-refractivity contribution is -0.129. The molecule has 1 aliphatic rings.